The molecule has 28 heavy (non-hydrogen) atoms. The number of anilines is 1. The highest BCUT2D eigenvalue weighted by molar-refractivity contribution is 5.95. The molecule has 0 bridgehead atoms. The van der Waals surface area contributed by atoms with Gasteiger partial charge in [-0.2, -0.15) is 0 Å². The maximum absolute atomic E-state index is 12.4. The summed E-state index contributed by atoms with van der Waals surface area (Å²) in [5.74, 6) is 1.67. The van der Waals surface area contributed by atoms with Crippen molar-refractivity contribution < 1.29 is 19.0 Å². The summed E-state index contributed by atoms with van der Waals surface area (Å²) in [6.45, 7) is 2.20. The van der Waals surface area contributed by atoms with Gasteiger partial charge in [-0.25, -0.2) is 0 Å². The smallest absolute Gasteiger partial charge is 0.265 e. The lowest BCUT2D eigenvalue weighted by atomic mass is 10.2. The summed E-state index contributed by atoms with van der Waals surface area (Å²) in [4.78, 5) is 12.4. The lowest BCUT2D eigenvalue weighted by molar-refractivity contribution is -0.122. The summed E-state index contributed by atoms with van der Waals surface area (Å²) in [6, 6.07) is 24.4. The zero-order valence-corrected chi connectivity index (χ0v) is 15.9. The number of carbonyl (C=O) groups excluding carboxylic acids is 1. The Labute approximate surface area is 164 Å². The van der Waals surface area contributed by atoms with Gasteiger partial charge in [0, 0.05) is 0 Å². The Balaban J connectivity index is 1.53. The van der Waals surface area contributed by atoms with Crippen molar-refractivity contribution in [2.24, 2.45) is 0 Å². The molecule has 5 heteroatoms. The van der Waals surface area contributed by atoms with E-state index in [9.17, 15) is 4.79 Å². The van der Waals surface area contributed by atoms with Gasteiger partial charge in [0.1, 0.15) is 23.9 Å². The molecule has 0 saturated heterocycles. The average Bonchev–Trinajstić information content (AvgIpc) is 2.74. The Hall–Kier alpha value is -3.47. The fourth-order valence-corrected chi connectivity index (χ4v) is 2.60. The number of ether oxygens (including phenoxy) is 3. The average molecular weight is 377 g/mol. The molecular weight excluding hydrogens is 354 g/mol. The van der Waals surface area contributed by atoms with Gasteiger partial charge in [0.05, 0.1) is 12.8 Å². The van der Waals surface area contributed by atoms with Crippen LogP contribution in [0.25, 0.3) is 0 Å². The van der Waals surface area contributed by atoms with Crippen LogP contribution in [-0.2, 0) is 11.4 Å². The SMILES string of the molecule is COc1ccccc1NC(=O)C(C)Oc1ccc(OCc2ccccc2)cc1. The van der Waals surface area contributed by atoms with Crippen LogP contribution in [0.3, 0.4) is 0 Å². The number of hydrogen-bond donors (Lipinski definition) is 1. The third-order valence-electron chi connectivity index (χ3n) is 4.12. The van der Waals surface area contributed by atoms with E-state index in [0.29, 0.717) is 23.8 Å². The number of benzene rings is 3. The van der Waals surface area contributed by atoms with Gasteiger partial charge in [0.2, 0.25) is 0 Å². The van der Waals surface area contributed by atoms with Crippen LogP contribution in [0.15, 0.2) is 78.9 Å². The number of rotatable bonds is 8. The van der Waals surface area contributed by atoms with Gasteiger partial charge >= 0.3 is 0 Å². The molecule has 3 rings (SSSR count). The number of carbonyl (C=O) groups is 1. The summed E-state index contributed by atoms with van der Waals surface area (Å²) in [6.07, 6.45) is -0.666. The second-order valence-corrected chi connectivity index (χ2v) is 6.20. The Kier molecular flexibility index (Phi) is 6.52. The summed E-state index contributed by atoms with van der Waals surface area (Å²) in [5, 5.41) is 2.82. The molecule has 0 saturated carbocycles. The first-order valence-electron chi connectivity index (χ1n) is 9.03. The summed E-state index contributed by atoms with van der Waals surface area (Å²) >= 11 is 0. The molecule has 5 nitrogen and oxygen atoms in total. The minimum absolute atomic E-state index is 0.256. The number of methoxy groups -OCH3 is 1. The second-order valence-electron chi connectivity index (χ2n) is 6.20. The minimum atomic E-state index is -0.666. The Bertz CT molecular complexity index is 894. The van der Waals surface area contributed by atoms with E-state index in [0.717, 1.165) is 11.3 Å². The molecule has 3 aromatic carbocycles. The lowest BCUT2D eigenvalue weighted by Gasteiger charge is -2.16. The first kappa shape index (κ1) is 19.3. The molecule has 0 radical (unpaired) electrons. The largest absolute Gasteiger partial charge is 0.495 e. The van der Waals surface area contributed by atoms with E-state index < -0.39 is 6.10 Å². The van der Waals surface area contributed by atoms with Gasteiger partial charge in [0.25, 0.3) is 5.91 Å². The molecule has 0 aliphatic carbocycles. The fourth-order valence-electron chi connectivity index (χ4n) is 2.60. The van der Waals surface area contributed by atoms with E-state index in [-0.39, 0.29) is 5.91 Å². The van der Waals surface area contributed by atoms with Crippen LogP contribution in [0, 0.1) is 0 Å². The van der Waals surface area contributed by atoms with Crippen molar-refractivity contribution in [3.63, 3.8) is 0 Å². The van der Waals surface area contributed by atoms with E-state index in [1.807, 2.05) is 54.6 Å². The predicted octanol–water partition coefficient (Wildman–Crippen LogP) is 4.68. The molecular formula is C23H23NO4. The molecule has 0 spiro atoms. The molecule has 1 atom stereocenters. The highest BCUT2D eigenvalue weighted by Crippen LogP contribution is 2.24. The topological polar surface area (TPSA) is 56.8 Å². The van der Waals surface area contributed by atoms with Crippen molar-refractivity contribution in [2.45, 2.75) is 19.6 Å². The Morgan fingerprint density at radius 3 is 2.25 bits per heavy atom. The van der Waals surface area contributed by atoms with Crippen LogP contribution in [0.2, 0.25) is 0 Å². The van der Waals surface area contributed by atoms with Crippen molar-refractivity contribution in [2.75, 3.05) is 12.4 Å². The molecule has 0 aliphatic heterocycles. The summed E-state index contributed by atoms with van der Waals surface area (Å²) in [5.41, 5.74) is 1.71. The monoisotopic (exact) mass is 377 g/mol. The number of nitrogens with one attached hydrogen (secondary N) is 1. The molecule has 0 aromatic heterocycles. The van der Waals surface area contributed by atoms with Crippen molar-refractivity contribution in [3.8, 4) is 17.2 Å². The third-order valence-corrected chi connectivity index (χ3v) is 4.12. The van der Waals surface area contributed by atoms with Gasteiger partial charge in [-0.3, -0.25) is 4.79 Å². The molecule has 144 valence electrons. The maximum Gasteiger partial charge on any atom is 0.265 e. The molecule has 0 aliphatic rings. The van der Waals surface area contributed by atoms with Gasteiger partial charge in [-0.05, 0) is 48.9 Å². The zero-order valence-electron chi connectivity index (χ0n) is 15.9. The maximum atomic E-state index is 12.4. The van der Waals surface area contributed by atoms with E-state index in [4.69, 9.17) is 14.2 Å². The van der Waals surface area contributed by atoms with Crippen LogP contribution in [0.4, 0.5) is 5.69 Å². The highest BCUT2D eigenvalue weighted by Gasteiger charge is 2.16. The lowest BCUT2D eigenvalue weighted by Crippen LogP contribution is -2.30. The summed E-state index contributed by atoms with van der Waals surface area (Å²) in [7, 11) is 1.56. The molecule has 1 N–H and O–H groups in total. The van der Waals surface area contributed by atoms with E-state index in [1.165, 1.54) is 0 Å². The molecule has 1 amide bonds. The van der Waals surface area contributed by atoms with E-state index >= 15 is 0 Å². The predicted molar refractivity (Wildman–Crippen MR) is 109 cm³/mol. The Morgan fingerprint density at radius 1 is 0.893 bits per heavy atom. The van der Waals surface area contributed by atoms with Crippen LogP contribution in [-0.4, -0.2) is 19.1 Å². The van der Waals surface area contributed by atoms with Crippen molar-refractivity contribution >= 4 is 11.6 Å². The van der Waals surface area contributed by atoms with E-state index in [2.05, 4.69) is 5.32 Å². The standard InChI is InChI=1S/C23H23NO4/c1-17(23(25)24-21-10-6-7-11-22(21)26-2)28-20-14-12-19(13-15-20)27-16-18-8-4-3-5-9-18/h3-15,17H,16H2,1-2H3,(H,24,25). The molecule has 1 unspecified atom stereocenters. The first-order chi connectivity index (χ1) is 13.7. The van der Waals surface area contributed by atoms with Crippen molar-refractivity contribution in [3.05, 3.63) is 84.4 Å². The fraction of sp³-hybridized carbons (Fsp3) is 0.174. The normalized spacial score (nSPS) is 11.4. The zero-order chi connectivity index (χ0) is 19.8. The quantitative estimate of drug-likeness (QED) is 0.619. The number of amides is 1. The van der Waals surface area contributed by atoms with Crippen LogP contribution >= 0.6 is 0 Å². The number of para-hydroxylation sites is 2. The molecule has 3 aromatic rings. The van der Waals surface area contributed by atoms with Crippen LogP contribution < -0.4 is 19.5 Å². The van der Waals surface area contributed by atoms with Crippen molar-refractivity contribution in [1.82, 2.24) is 0 Å². The Morgan fingerprint density at radius 2 is 1.54 bits per heavy atom. The van der Waals surface area contributed by atoms with Gasteiger partial charge in [-0.15, -0.1) is 0 Å². The van der Waals surface area contributed by atoms with Crippen molar-refractivity contribution in [1.29, 1.82) is 0 Å². The van der Waals surface area contributed by atoms with Crippen LogP contribution in [0.5, 0.6) is 17.2 Å². The minimum Gasteiger partial charge on any atom is -0.495 e. The van der Waals surface area contributed by atoms with E-state index in [1.54, 1.807) is 38.3 Å². The van der Waals surface area contributed by atoms with Crippen LogP contribution in [0.1, 0.15) is 12.5 Å². The number of hydrogen-bond acceptors (Lipinski definition) is 4. The third kappa shape index (κ3) is 5.27. The molecule has 0 heterocycles. The second kappa shape index (κ2) is 9.46. The first-order valence-corrected chi connectivity index (χ1v) is 9.03. The highest BCUT2D eigenvalue weighted by atomic mass is 16.5. The van der Waals surface area contributed by atoms with Gasteiger partial charge in [-0.1, -0.05) is 42.5 Å². The molecule has 0 fully saturated rings. The van der Waals surface area contributed by atoms with Gasteiger partial charge < -0.3 is 19.5 Å². The summed E-state index contributed by atoms with van der Waals surface area (Å²) < 4.78 is 16.7. The van der Waals surface area contributed by atoms with Gasteiger partial charge in [0.15, 0.2) is 6.10 Å².